The number of amides is 3. The van der Waals surface area contributed by atoms with E-state index >= 15 is 0 Å². The molecule has 2 heterocycles. The molecule has 0 spiro atoms. The number of alkyl halides is 1. The molecule has 2 unspecified atom stereocenters. The highest BCUT2D eigenvalue weighted by atomic mass is 35.5. The number of likely N-dealkylation sites (tertiary alicyclic amines) is 2. The molecule has 0 aromatic heterocycles. The maximum atomic E-state index is 13.4. The highest BCUT2D eigenvalue weighted by Crippen LogP contribution is 2.33. The van der Waals surface area contributed by atoms with Crippen molar-refractivity contribution in [2.24, 2.45) is 0 Å². The standard InChI is InChI=1S/C26H28Cl3N3O3/c1-16(33)32-11-2-3-24(32)26(35)31-12-10-23(20(15-31)19-8-9-21(28)22(29)13-19)30-25(34)18-6-4-17(14-27)5-7-18/h4-9,13,20,23-24H,2-3,10-12,14-15H2,1H3,(H,30,34)/t20?,23?,24-/m1/s1. The van der Waals surface area contributed by atoms with Crippen LogP contribution in [0.4, 0.5) is 0 Å². The molecule has 2 aliphatic rings. The summed E-state index contributed by atoms with van der Waals surface area (Å²) in [6, 6.07) is 12.0. The number of piperidine rings is 1. The molecule has 4 rings (SSSR count). The maximum absolute atomic E-state index is 13.4. The molecule has 9 heteroatoms. The summed E-state index contributed by atoms with van der Waals surface area (Å²) in [5.74, 6) is -0.0934. The fourth-order valence-electron chi connectivity index (χ4n) is 5.01. The lowest BCUT2D eigenvalue weighted by Gasteiger charge is -2.41. The molecule has 186 valence electrons. The number of nitrogens with one attached hydrogen (secondary N) is 1. The van der Waals surface area contributed by atoms with E-state index in [1.54, 1.807) is 29.2 Å². The van der Waals surface area contributed by atoms with Crippen LogP contribution in [0.2, 0.25) is 10.0 Å². The van der Waals surface area contributed by atoms with Gasteiger partial charge in [0.05, 0.1) is 10.0 Å². The molecule has 2 aromatic rings. The van der Waals surface area contributed by atoms with Gasteiger partial charge in [0.25, 0.3) is 5.91 Å². The van der Waals surface area contributed by atoms with Gasteiger partial charge in [-0.05, 0) is 54.7 Å². The molecule has 2 fully saturated rings. The van der Waals surface area contributed by atoms with Crippen LogP contribution in [0.1, 0.15) is 53.6 Å². The third-order valence-corrected chi connectivity index (χ3v) is 7.97. The zero-order valence-corrected chi connectivity index (χ0v) is 21.7. The van der Waals surface area contributed by atoms with E-state index < -0.39 is 6.04 Å². The zero-order chi connectivity index (χ0) is 25.1. The summed E-state index contributed by atoms with van der Waals surface area (Å²) >= 11 is 18.3. The first kappa shape index (κ1) is 25.8. The fourth-order valence-corrected chi connectivity index (χ4v) is 5.50. The molecule has 2 saturated heterocycles. The van der Waals surface area contributed by atoms with Gasteiger partial charge >= 0.3 is 0 Å². The lowest BCUT2D eigenvalue weighted by atomic mass is 9.85. The minimum absolute atomic E-state index is 0.0378. The van der Waals surface area contributed by atoms with Crippen molar-refractivity contribution < 1.29 is 14.4 Å². The Balaban J connectivity index is 1.56. The van der Waals surface area contributed by atoms with E-state index in [9.17, 15) is 14.4 Å². The quantitative estimate of drug-likeness (QED) is 0.555. The third-order valence-electron chi connectivity index (χ3n) is 6.93. The van der Waals surface area contributed by atoms with Crippen molar-refractivity contribution >= 4 is 52.5 Å². The first-order valence-corrected chi connectivity index (χ1v) is 13.0. The molecular weight excluding hydrogens is 509 g/mol. The van der Waals surface area contributed by atoms with E-state index in [4.69, 9.17) is 34.8 Å². The Hall–Kier alpha value is -2.28. The van der Waals surface area contributed by atoms with Crippen LogP contribution in [0.5, 0.6) is 0 Å². The van der Waals surface area contributed by atoms with Gasteiger partial charge in [-0.2, -0.15) is 0 Å². The Morgan fingerprint density at radius 1 is 1.00 bits per heavy atom. The van der Waals surface area contributed by atoms with Crippen LogP contribution >= 0.6 is 34.8 Å². The lowest BCUT2D eigenvalue weighted by molar-refractivity contribution is -0.143. The second kappa shape index (κ2) is 11.2. The highest BCUT2D eigenvalue weighted by Gasteiger charge is 2.39. The molecule has 6 nitrogen and oxygen atoms in total. The Bertz CT molecular complexity index is 1110. The maximum Gasteiger partial charge on any atom is 0.251 e. The number of carbonyl (C=O) groups excluding carboxylic acids is 3. The van der Waals surface area contributed by atoms with Crippen LogP contribution < -0.4 is 5.32 Å². The minimum atomic E-state index is -0.423. The van der Waals surface area contributed by atoms with Gasteiger partial charge in [0.2, 0.25) is 11.8 Å². The number of halogens is 3. The predicted octanol–water partition coefficient (Wildman–Crippen LogP) is 4.86. The van der Waals surface area contributed by atoms with Gasteiger partial charge in [-0.1, -0.05) is 41.4 Å². The summed E-state index contributed by atoms with van der Waals surface area (Å²) in [6.07, 6.45) is 2.07. The van der Waals surface area contributed by atoms with Crippen molar-refractivity contribution in [3.63, 3.8) is 0 Å². The molecule has 1 N–H and O–H groups in total. The van der Waals surface area contributed by atoms with Gasteiger partial charge in [-0.3, -0.25) is 14.4 Å². The first-order chi connectivity index (χ1) is 16.8. The highest BCUT2D eigenvalue weighted by molar-refractivity contribution is 6.42. The second-order valence-corrected chi connectivity index (χ2v) is 10.2. The molecule has 2 aromatic carbocycles. The van der Waals surface area contributed by atoms with Crippen molar-refractivity contribution in [1.82, 2.24) is 15.1 Å². The number of benzene rings is 2. The summed E-state index contributed by atoms with van der Waals surface area (Å²) in [7, 11) is 0. The van der Waals surface area contributed by atoms with Crippen molar-refractivity contribution in [3.05, 3.63) is 69.2 Å². The average molecular weight is 537 g/mol. The molecule has 2 aliphatic heterocycles. The van der Waals surface area contributed by atoms with Gasteiger partial charge < -0.3 is 15.1 Å². The Kier molecular flexibility index (Phi) is 8.25. The molecule has 3 atom stereocenters. The number of nitrogens with zero attached hydrogens (tertiary/aromatic N) is 2. The van der Waals surface area contributed by atoms with Crippen LogP contribution in [-0.4, -0.2) is 59.2 Å². The van der Waals surface area contributed by atoms with Crippen LogP contribution in [0.15, 0.2) is 42.5 Å². The summed E-state index contributed by atoms with van der Waals surface area (Å²) in [6.45, 7) is 3.02. The third kappa shape index (κ3) is 5.76. The average Bonchev–Trinajstić information content (AvgIpc) is 3.36. The van der Waals surface area contributed by atoms with Crippen molar-refractivity contribution in [3.8, 4) is 0 Å². The summed E-state index contributed by atoms with van der Waals surface area (Å²) in [5, 5.41) is 4.03. The molecule has 3 amide bonds. The van der Waals surface area contributed by atoms with Crippen LogP contribution in [-0.2, 0) is 15.5 Å². The molecular formula is C26H28Cl3N3O3. The van der Waals surface area contributed by atoms with Gasteiger partial charge in [0.1, 0.15) is 6.04 Å². The molecule has 0 aliphatic carbocycles. The van der Waals surface area contributed by atoms with Gasteiger partial charge in [-0.25, -0.2) is 0 Å². The second-order valence-electron chi connectivity index (χ2n) is 9.13. The molecule has 0 bridgehead atoms. The van der Waals surface area contributed by atoms with Crippen LogP contribution in [0.25, 0.3) is 0 Å². The normalized spacial score (nSPS) is 22.2. The van der Waals surface area contributed by atoms with Gasteiger partial charge in [0.15, 0.2) is 0 Å². The zero-order valence-electron chi connectivity index (χ0n) is 19.5. The van der Waals surface area contributed by atoms with E-state index in [2.05, 4.69) is 5.32 Å². The Labute approximate surface area is 220 Å². The number of hydrogen-bond acceptors (Lipinski definition) is 3. The molecule has 0 radical (unpaired) electrons. The Morgan fingerprint density at radius 3 is 2.40 bits per heavy atom. The molecule has 0 saturated carbocycles. The predicted molar refractivity (Wildman–Crippen MR) is 138 cm³/mol. The van der Waals surface area contributed by atoms with Crippen molar-refractivity contribution in [1.29, 1.82) is 0 Å². The summed E-state index contributed by atoms with van der Waals surface area (Å²) in [5.41, 5.74) is 2.39. The van der Waals surface area contributed by atoms with E-state index in [0.29, 0.717) is 54.0 Å². The van der Waals surface area contributed by atoms with Crippen molar-refractivity contribution in [2.45, 2.75) is 50.1 Å². The minimum Gasteiger partial charge on any atom is -0.349 e. The summed E-state index contributed by atoms with van der Waals surface area (Å²) < 4.78 is 0. The smallest absolute Gasteiger partial charge is 0.251 e. The van der Waals surface area contributed by atoms with Gasteiger partial charge in [-0.15, -0.1) is 11.6 Å². The van der Waals surface area contributed by atoms with Crippen molar-refractivity contribution in [2.75, 3.05) is 19.6 Å². The van der Waals surface area contributed by atoms with E-state index in [0.717, 1.165) is 17.5 Å². The van der Waals surface area contributed by atoms with E-state index in [-0.39, 0.29) is 29.7 Å². The first-order valence-electron chi connectivity index (χ1n) is 11.7. The van der Waals surface area contributed by atoms with E-state index in [1.807, 2.05) is 23.1 Å². The Morgan fingerprint density at radius 2 is 1.74 bits per heavy atom. The monoisotopic (exact) mass is 535 g/mol. The number of rotatable bonds is 5. The number of hydrogen-bond donors (Lipinski definition) is 1. The van der Waals surface area contributed by atoms with E-state index in [1.165, 1.54) is 6.92 Å². The molecule has 35 heavy (non-hydrogen) atoms. The SMILES string of the molecule is CC(=O)N1CCC[C@@H]1C(=O)N1CCC(NC(=O)c2ccc(CCl)cc2)C(c2ccc(Cl)c(Cl)c2)C1. The lowest BCUT2D eigenvalue weighted by Crippen LogP contribution is -2.55. The summed E-state index contributed by atoms with van der Waals surface area (Å²) in [4.78, 5) is 41.9. The van der Waals surface area contributed by atoms with Gasteiger partial charge in [0, 0.05) is 50.0 Å². The topological polar surface area (TPSA) is 69.7 Å². The largest absolute Gasteiger partial charge is 0.349 e. The number of carbonyl (C=O) groups is 3. The fraction of sp³-hybridized carbons (Fsp3) is 0.423. The van der Waals surface area contributed by atoms with Crippen LogP contribution in [0, 0.1) is 0 Å². The van der Waals surface area contributed by atoms with Crippen LogP contribution in [0.3, 0.4) is 0 Å².